The van der Waals surface area contributed by atoms with Crippen molar-refractivity contribution in [1.29, 1.82) is 0 Å². The van der Waals surface area contributed by atoms with Gasteiger partial charge in [0.15, 0.2) is 5.75 Å². The van der Waals surface area contributed by atoms with E-state index in [0.717, 1.165) is 10.6 Å². The molecule has 4 aromatic rings. The van der Waals surface area contributed by atoms with Gasteiger partial charge in [0.1, 0.15) is 22.4 Å². The summed E-state index contributed by atoms with van der Waals surface area (Å²) in [4.78, 5) is 42.7. The molecular weight excluding hydrogens is 428 g/mol. The number of phenols is 1. The van der Waals surface area contributed by atoms with Gasteiger partial charge in [-0.2, -0.15) is 0 Å². The average molecular weight is 449 g/mol. The van der Waals surface area contributed by atoms with Crippen molar-refractivity contribution >= 4 is 34.3 Å². The summed E-state index contributed by atoms with van der Waals surface area (Å²) in [6.07, 6.45) is 1.67. The van der Waals surface area contributed by atoms with Crippen molar-refractivity contribution in [2.75, 3.05) is 24.7 Å². The van der Waals surface area contributed by atoms with E-state index in [1.807, 2.05) is 35.7 Å². The normalized spacial score (nSPS) is 11.8. The van der Waals surface area contributed by atoms with Gasteiger partial charge >= 0.3 is 0 Å². The molecule has 32 heavy (non-hydrogen) atoms. The van der Waals surface area contributed by atoms with Gasteiger partial charge in [-0.05, 0) is 17.7 Å². The van der Waals surface area contributed by atoms with Gasteiger partial charge < -0.3 is 20.6 Å². The molecule has 8 nitrogen and oxygen atoms in total. The number of carbonyl (C=O) groups is 1. The smallest absolute Gasteiger partial charge is 0.257 e. The number of nitrogens with zero attached hydrogens (tertiary/aromatic N) is 2. The summed E-state index contributed by atoms with van der Waals surface area (Å²) in [7, 11) is 3.14. The summed E-state index contributed by atoms with van der Waals surface area (Å²) < 4.78 is 0. The van der Waals surface area contributed by atoms with Crippen LogP contribution in [0.5, 0.6) is 5.75 Å². The minimum atomic E-state index is -0.706. The number of aromatic hydroxyl groups is 1. The van der Waals surface area contributed by atoms with E-state index in [2.05, 4.69) is 15.6 Å². The van der Waals surface area contributed by atoms with Crippen LogP contribution < -0.4 is 21.5 Å². The molecule has 0 aliphatic carbocycles. The van der Waals surface area contributed by atoms with Crippen LogP contribution in [0.4, 0.5) is 17.1 Å². The number of benzene rings is 2. The zero-order valence-corrected chi connectivity index (χ0v) is 18.1. The highest BCUT2D eigenvalue weighted by atomic mass is 32.1. The Labute approximate surface area is 187 Å². The second-order valence-electron chi connectivity index (χ2n) is 7.29. The first-order chi connectivity index (χ1) is 15.4. The van der Waals surface area contributed by atoms with Crippen molar-refractivity contribution in [2.24, 2.45) is 0 Å². The Morgan fingerprint density at radius 2 is 1.75 bits per heavy atom. The van der Waals surface area contributed by atoms with E-state index in [4.69, 9.17) is 0 Å². The van der Waals surface area contributed by atoms with E-state index in [9.17, 15) is 19.5 Å². The van der Waals surface area contributed by atoms with Gasteiger partial charge in [-0.1, -0.05) is 36.4 Å². The largest absolute Gasteiger partial charge is 0.505 e. The Morgan fingerprint density at radius 1 is 1.03 bits per heavy atom. The van der Waals surface area contributed by atoms with E-state index < -0.39 is 16.9 Å². The van der Waals surface area contributed by atoms with Crippen LogP contribution in [0.3, 0.4) is 0 Å². The van der Waals surface area contributed by atoms with E-state index in [0.29, 0.717) is 0 Å². The maximum atomic E-state index is 12.4. The first kappa shape index (κ1) is 21.3. The second-order valence-corrected chi connectivity index (χ2v) is 8.22. The summed E-state index contributed by atoms with van der Waals surface area (Å²) in [5.41, 5.74) is -0.133. The van der Waals surface area contributed by atoms with E-state index >= 15 is 0 Å². The maximum Gasteiger partial charge on any atom is 0.257 e. The number of hydrogen-bond donors (Lipinski definition) is 3. The lowest BCUT2D eigenvalue weighted by molar-refractivity contribution is 0.0824. The number of thiazole rings is 1. The third kappa shape index (κ3) is 3.85. The first-order valence-corrected chi connectivity index (χ1v) is 10.6. The fourth-order valence-corrected chi connectivity index (χ4v) is 4.01. The lowest BCUT2D eigenvalue weighted by Gasteiger charge is -2.22. The molecule has 9 heteroatoms. The van der Waals surface area contributed by atoms with Gasteiger partial charge in [-0.25, -0.2) is 4.98 Å². The van der Waals surface area contributed by atoms with Crippen molar-refractivity contribution in [1.82, 2.24) is 9.88 Å². The van der Waals surface area contributed by atoms with Crippen LogP contribution in [0.1, 0.15) is 27.0 Å². The van der Waals surface area contributed by atoms with Crippen molar-refractivity contribution in [3.63, 3.8) is 0 Å². The number of rotatable bonds is 7. The van der Waals surface area contributed by atoms with Crippen LogP contribution >= 0.6 is 11.3 Å². The molecule has 1 unspecified atom stereocenters. The SMILES string of the molecule is CN(C)C(=O)c1cccc(Nc2c(NC(c3ccccc3)c3nccs3)c(=O)c2=O)c1O. The Kier molecular flexibility index (Phi) is 5.74. The summed E-state index contributed by atoms with van der Waals surface area (Å²) >= 11 is 1.42. The monoisotopic (exact) mass is 448 g/mol. The molecule has 3 N–H and O–H groups in total. The molecule has 1 heterocycles. The molecule has 0 radical (unpaired) electrons. The third-order valence-corrected chi connectivity index (χ3v) is 5.80. The third-order valence-electron chi connectivity index (χ3n) is 4.96. The van der Waals surface area contributed by atoms with Crippen LogP contribution in [0.15, 0.2) is 69.7 Å². The molecule has 0 fully saturated rings. The van der Waals surface area contributed by atoms with E-state index in [1.165, 1.54) is 28.4 Å². The molecule has 4 rings (SSSR count). The van der Waals surface area contributed by atoms with Crippen LogP contribution in [-0.2, 0) is 0 Å². The Hall–Kier alpha value is -3.98. The Bertz CT molecular complexity index is 1330. The molecule has 0 saturated heterocycles. The molecule has 0 aliphatic heterocycles. The maximum absolute atomic E-state index is 12.4. The molecule has 0 aliphatic rings. The quantitative estimate of drug-likeness (QED) is 0.294. The number of anilines is 3. The molecule has 3 aromatic carbocycles. The number of para-hydroxylation sites is 1. The number of carbonyl (C=O) groups excluding carboxylic acids is 1. The molecule has 1 aromatic heterocycles. The molecule has 0 bridgehead atoms. The fourth-order valence-electron chi connectivity index (χ4n) is 3.30. The minimum absolute atomic E-state index is 0.0252. The van der Waals surface area contributed by atoms with Crippen LogP contribution in [0.25, 0.3) is 0 Å². The lowest BCUT2D eigenvalue weighted by atomic mass is 10.1. The van der Waals surface area contributed by atoms with Gasteiger partial charge in [0.05, 0.1) is 11.3 Å². The molecule has 1 atom stereocenters. The van der Waals surface area contributed by atoms with Crippen molar-refractivity contribution in [2.45, 2.75) is 6.04 Å². The molecular formula is C23H20N4O4S. The highest BCUT2D eigenvalue weighted by Crippen LogP contribution is 2.34. The second kappa shape index (κ2) is 8.64. The van der Waals surface area contributed by atoms with Gasteiger partial charge in [0.25, 0.3) is 16.8 Å². The highest BCUT2D eigenvalue weighted by molar-refractivity contribution is 7.09. The number of hydrogen-bond acceptors (Lipinski definition) is 8. The minimum Gasteiger partial charge on any atom is -0.505 e. The van der Waals surface area contributed by atoms with Gasteiger partial charge in [0.2, 0.25) is 0 Å². The van der Waals surface area contributed by atoms with Crippen LogP contribution in [-0.4, -0.2) is 35.0 Å². The van der Waals surface area contributed by atoms with Crippen molar-refractivity contribution in [3.05, 3.63) is 96.7 Å². The summed E-state index contributed by atoms with van der Waals surface area (Å²) in [5, 5.41) is 19.1. The summed E-state index contributed by atoms with van der Waals surface area (Å²) in [6, 6.07) is 13.6. The zero-order chi connectivity index (χ0) is 22.8. The van der Waals surface area contributed by atoms with Crippen molar-refractivity contribution in [3.8, 4) is 5.75 Å². The average Bonchev–Trinajstić information content (AvgIpc) is 3.34. The first-order valence-electron chi connectivity index (χ1n) is 9.73. The molecule has 0 spiro atoms. The van der Waals surface area contributed by atoms with Crippen molar-refractivity contribution < 1.29 is 9.90 Å². The summed E-state index contributed by atoms with van der Waals surface area (Å²) in [5.74, 6) is -0.688. The number of amides is 1. The standard InChI is InChI=1S/C23H20N4O4S/c1-27(2)23(31)14-9-6-10-15(19(14)28)25-17-18(21(30)20(17)29)26-16(22-24-11-12-32-22)13-7-4-3-5-8-13/h3-12,16,25-26,28H,1-2H3. The van der Waals surface area contributed by atoms with Gasteiger partial charge in [-0.15, -0.1) is 11.3 Å². The number of phenolic OH excluding ortho intramolecular Hbond substituents is 1. The topological polar surface area (TPSA) is 112 Å². The predicted molar refractivity (Wildman–Crippen MR) is 125 cm³/mol. The number of nitrogens with one attached hydrogen (secondary N) is 2. The molecule has 1 amide bonds. The fraction of sp³-hybridized carbons (Fsp3) is 0.130. The zero-order valence-electron chi connectivity index (χ0n) is 17.3. The van der Waals surface area contributed by atoms with Crippen LogP contribution in [0.2, 0.25) is 0 Å². The molecule has 162 valence electrons. The Balaban J connectivity index is 1.68. The summed E-state index contributed by atoms with van der Waals surface area (Å²) in [6.45, 7) is 0. The number of aromatic nitrogens is 1. The Morgan fingerprint density at radius 3 is 2.41 bits per heavy atom. The molecule has 0 saturated carbocycles. The lowest BCUT2D eigenvalue weighted by Crippen LogP contribution is -2.37. The van der Waals surface area contributed by atoms with Crippen LogP contribution in [0, 0.1) is 0 Å². The predicted octanol–water partition coefficient (Wildman–Crippen LogP) is 3.09. The van der Waals surface area contributed by atoms with Gasteiger partial charge in [-0.3, -0.25) is 14.4 Å². The van der Waals surface area contributed by atoms with E-state index in [-0.39, 0.29) is 34.3 Å². The van der Waals surface area contributed by atoms with Gasteiger partial charge in [0, 0.05) is 25.7 Å². The highest BCUT2D eigenvalue weighted by Gasteiger charge is 2.27. The van der Waals surface area contributed by atoms with E-state index in [1.54, 1.807) is 26.4 Å².